The highest BCUT2D eigenvalue weighted by atomic mass is 16.5. The van der Waals surface area contributed by atoms with Gasteiger partial charge in [-0.25, -0.2) is 4.79 Å². The van der Waals surface area contributed by atoms with Crippen molar-refractivity contribution in [1.82, 2.24) is 5.32 Å². The van der Waals surface area contributed by atoms with Crippen molar-refractivity contribution in [3.05, 3.63) is 35.4 Å². The molecule has 1 aromatic carbocycles. The maximum atomic E-state index is 11.9. The number of nitrogens with two attached hydrogens (primary N) is 1. The quantitative estimate of drug-likeness (QED) is 0.805. The lowest BCUT2D eigenvalue weighted by atomic mass is 9.91. The number of rotatable bonds is 5. The Morgan fingerprint density at radius 1 is 1.40 bits per heavy atom. The Balaban J connectivity index is 2.17. The van der Waals surface area contributed by atoms with E-state index in [1.165, 1.54) is 0 Å². The number of alkyl carbamates (subject to hydrolysis) is 1. The molecule has 0 saturated heterocycles. The molecule has 0 aromatic heterocycles. The molecule has 0 radical (unpaired) electrons. The van der Waals surface area contributed by atoms with Crippen molar-refractivity contribution in [3.8, 4) is 0 Å². The summed E-state index contributed by atoms with van der Waals surface area (Å²) in [6.45, 7) is 2.36. The fraction of sp³-hybridized carbons (Fsp3) is 0.467. The Hall–Kier alpha value is -2.04. The molecule has 0 heterocycles. The fourth-order valence-corrected chi connectivity index (χ4v) is 2.58. The second kappa shape index (κ2) is 5.94. The summed E-state index contributed by atoms with van der Waals surface area (Å²) in [4.78, 5) is 23.8. The molecule has 0 saturated carbocycles. The lowest BCUT2D eigenvalue weighted by molar-refractivity contribution is -0.124. The van der Waals surface area contributed by atoms with Gasteiger partial charge in [0.1, 0.15) is 5.54 Å². The molecule has 1 aromatic rings. The molecular weight excluding hydrogens is 256 g/mol. The predicted molar refractivity (Wildman–Crippen MR) is 75.0 cm³/mol. The third-order valence-electron chi connectivity index (χ3n) is 3.71. The highest BCUT2D eigenvalue weighted by Crippen LogP contribution is 2.36. The summed E-state index contributed by atoms with van der Waals surface area (Å²) in [6, 6.07) is 7.53. The number of aryl methyl sites for hydroxylation is 1. The Morgan fingerprint density at radius 3 is 2.85 bits per heavy atom. The molecule has 1 aliphatic rings. The number of primary amides is 1. The molecule has 0 fully saturated rings. The number of carbonyl (C=O) groups is 2. The van der Waals surface area contributed by atoms with Crippen LogP contribution in [0.1, 0.15) is 37.3 Å². The molecule has 0 bridgehead atoms. The first-order valence-electron chi connectivity index (χ1n) is 6.93. The average Bonchev–Trinajstić information content (AvgIpc) is 2.80. The molecule has 108 valence electrons. The Labute approximate surface area is 118 Å². The second-order valence-electron chi connectivity index (χ2n) is 5.04. The molecule has 3 N–H and O–H groups in total. The van der Waals surface area contributed by atoms with E-state index >= 15 is 0 Å². The summed E-state index contributed by atoms with van der Waals surface area (Å²) in [5.74, 6) is -0.546. The Kier molecular flexibility index (Phi) is 4.27. The van der Waals surface area contributed by atoms with Crippen molar-refractivity contribution >= 4 is 12.0 Å². The van der Waals surface area contributed by atoms with Crippen LogP contribution in [0.2, 0.25) is 0 Å². The number of hydrogen-bond acceptors (Lipinski definition) is 3. The van der Waals surface area contributed by atoms with Gasteiger partial charge in [-0.05, 0) is 30.4 Å². The molecular formula is C15H20N2O3. The summed E-state index contributed by atoms with van der Waals surface area (Å²) >= 11 is 0. The van der Waals surface area contributed by atoms with E-state index in [1.54, 1.807) is 0 Å². The van der Waals surface area contributed by atoms with Gasteiger partial charge in [-0.3, -0.25) is 4.79 Å². The van der Waals surface area contributed by atoms with E-state index in [0.29, 0.717) is 19.4 Å². The van der Waals surface area contributed by atoms with Crippen LogP contribution in [0.5, 0.6) is 0 Å². The molecule has 5 heteroatoms. The smallest absolute Gasteiger partial charge is 0.408 e. The second-order valence-corrected chi connectivity index (χ2v) is 5.04. The highest BCUT2D eigenvalue weighted by Gasteiger charge is 2.45. The summed E-state index contributed by atoms with van der Waals surface area (Å²) in [5, 5.41) is 2.67. The van der Waals surface area contributed by atoms with Gasteiger partial charge in [-0.15, -0.1) is 0 Å². The van der Waals surface area contributed by atoms with E-state index in [0.717, 1.165) is 24.0 Å². The van der Waals surface area contributed by atoms with Gasteiger partial charge in [0, 0.05) is 0 Å². The zero-order valence-corrected chi connectivity index (χ0v) is 11.6. The van der Waals surface area contributed by atoms with Crippen LogP contribution in [0.3, 0.4) is 0 Å². The number of hydrogen-bond donors (Lipinski definition) is 2. The first-order valence-corrected chi connectivity index (χ1v) is 6.93. The zero-order valence-electron chi connectivity index (χ0n) is 11.6. The van der Waals surface area contributed by atoms with Gasteiger partial charge in [-0.1, -0.05) is 37.6 Å². The SMILES string of the molecule is CCCCOC(=O)NC1(C(N)=O)CCc2ccccc21. The van der Waals surface area contributed by atoms with Crippen molar-refractivity contribution in [2.45, 2.75) is 38.1 Å². The lowest BCUT2D eigenvalue weighted by Crippen LogP contribution is -2.53. The van der Waals surface area contributed by atoms with E-state index in [2.05, 4.69) is 5.32 Å². The first-order chi connectivity index (χ1) is 9.60. The molecule has 1 atom stereocenters. The van der Waals surface area contributed by atoms with Gasteiger partial charge in [0.2, 0.25) is 5.91 Å². The zero-order chi connectivity index (χ0) is 14.6. The topological polar surface area (TPSA) is 81.4 Å². The van der Waals surface area contributed by atoms with Gasteiger partial charge in [0.05, 0.1) is 6.61 Å². The summed E-state index contributed by atoms with van der Waals surface area (Å²) < 4.78 is 5.08. The van der Waals surface area contributed by atoms with Gasteiger partial charge < -0.3 is 15.8 Å². The van der Waals surface area contributed by atoms with Crippen molar-refractivity contribution in [1.29, 1.82) is 0 Å². The molecule has 5 nitrogen and oxygen atoms in total. The van der Waals surface area contributed by atoms with Crippen LogP contribution in [-0.4, -0.2) is 18.6 Å². The summed E-state index contributed by atoms with van der Waals surface area (Å²) in [7, 11) is 0. The Morgan fingerprint density at radius 2 is 2.15 bits per heavy atom. The van der Waals surface area contributed by atoms with E-state index < -0.39 is 17.5 Å². The van der Waals surface area contributed by atoms with Crippen LogP contribution in [0.15, 0.2) is 24.3 Å². The first kappa shape index (κ1) is 14.4. The van der Waals surface area contributed by atoms with Crippen LogP contribution in [0.4, 0.5) is 4.79 Å². The van der Waals surface area contributed by atoms with E-state index in [-0.39, 0.29) is 0 Å². The number of unbranched alkanes of at least 4 members (excludes halogenated alkanes) is 1. The number of carbonyl (C=O) groups excluding carboxylic acids is 2. The number of ether oxygens (including phenoxy) is 1. The summed E-state index contributed by atoms with van der Waals surface area (Å²) in [5.41, 5.74) is 6.22. The molecule has 2 amide bonds. The van der Waals surface area contributed by atoms with Crippen LogP contribution in [0.25, 0.3) is 0 Å². The third-order valence-corrected chi connectivity index (χ3v) is 3.71. The lowest BCUT2D eigenvalue weighted by Gasteiger charge is -2.27. The third kappa shape index (κ3) is 2.61. The van der Waals surface area contributed by atoms with Gasteiger partial charge >= 0.3 is 6.09 Å². The minimum Gasteiger partial charge on any atom is -0.450 e. The standard InChI is InChI=1S/C15H20N2O3/c1-2-3-10-20-14(19)17-15(13(16)18)9-8-11-6-4-5-7-12(11)15/h4-7H,2-3,8-10H2,1H3,(H2,16,18)(H,17,19). The van der Waals surface area contributed by atoms with Crippen molar-refractivity contribution in [3.63, 3.8) is 0 Å². The molecule has 0 aliphatic heterocycles. The molecule has 1 aliphatic carbocycles. The maximum absolute atomic E-state index is 11.9. The molecule has 2 rings (SSSR count). The fourth-order valence-electron chi connectivity index (χ4n) is 2.58. The Bertz CT molecular complexity index is 516. The van der Waals surface area contributed by atoms with E-state index in [1.807, 2.05) is 31.2 Å². The molecule has 0 spiro atoms. The van der Waals surface area contributed by atoms with Gasteiger partial charge in [-0.2, -0.15) is 0 Å². The number of fused-ring (bicyclic) bond motifs is 1. The predicted octanol–water partition coefficient (Wildman–Crippen LogP) is 1.84. The van der Waals surface area contributed by atoms with Crippen molar-refractivity contribution in [2.24, 2.45) is 5.73 Å². The molecule has 20 heavy (non-hydrogen) atoms. The van der Waals surface area contributed by atoms with Crippen LogP contribution < -0.4 is 11.1 Å². The number of nitrogens with one attached hydrogen (secondary N) is 1. The van der Waals surface area contributed by atoms with E-state index in [4.69, 9.17) is 10.5 Å². The minimum absolute atomic E-state index is 0.346. The number of amides is 2. The van der Waals surface area contributed by atoms with Crippen LogP contribution >= 0.6 is 0 Å². The van der Waals surface area contributed by atoms with Crippen molar-refractivity contribution < 1.29 is 14.3 Å². The monoisotopic (exact) mass is 276 g/mol. The highest BCUT2D eigenvalue weighted by molar-refractivity contribution is 5.91. The maximum Gasteiger partial charge on any atom is 0.408 e. The normalized spacial score (nSPS) is 20.2. The van der Waals surface area contributed by atoms with Gasteiger partial charge in [0.15, 0.2) is 0 Å². The minimum atomic E-state index is -1.14. The largest absolute Gasteiger partial charge is 0.450 e. The number of benzene rings is 1. The van der Waals surface area contributed by atoms with Gasteiger partial charge in [0.25, 0.3) is 0 Å². The molecule has 1 unspecified atom stereocenters. The average molecular weight is 276 g/mol. The van der Waals surface area contributed by atoms with E-state index in [9.17, 15) is 9.59 Å². The van der Waals surface area contributed by atoms with Crippen molar-refractivity contribution in [2.75, 3.05) is 6.61 Å². The van der Waals surface area contributed by atoms with Crippen LogP contribution in [0, 0.1) is 0 Å². The summed E-state index contributed by atoms with van der Waals surface area (Å²) in [6.07, 6.45) is 2.35. The van der Waals surface area contributed by atoms with Crippen LogP contribution in [-0.2, 0) is 21.5 Å².